The number of allylic oxidation sites excluding steroid dienone is 5. The highest BCUT2D eigenvalue weighted by Gasteiger charge is 2.39. The summed E-state index contributed by atoms with van der Waals surface area (Å²) in [6.07, 6.45) is 7.55. The average Bonchev–Trinajstić information content (AvgIpc) is 3.11. The van der Waals surface area contributed by atoms with Gasteiger partial charge in [0, 0.05) is 6.42 Å². The Morgan fingerprint density at radius 1 is 1.15 bits per heavy atom. The van der Waals surface area contributed by atoms with Crippen molar-refractivity contribution in [1.82, 2.24) is 10.2 Å². The van der Waals surface area contributed by atoms with Gasteiger partial charge in [-0.1, -0.05) is 54.6 Å². The molecule has 1 fully saturated rings. The predicted octanol–water partition coefficient (Wildman–Crippen LogP) is 4.10. The van der Waals surface area contributed by atoms with Gasteiger partial charge in [0.2, 0.25) is 0 Å². The number of ether oxygens (including phenoxy) is 1. The second-order valence-corrected chi connectivity index (χ2v) is 8.26. The number of amides is 1. The van der Waals surface area contributed by atoms with Crippen LogP contribution in [-0.2, 0) is 16.0 Å². The summed E-state index contributed by atoms with van der Waals surface area (Å²) < 4.78 is 5.21. The molecule has 1 unspecified atom stereocenters. The van der Waals surface area contributed by atoms with E-state index in [2.05, 4.69) is 5.32 Å². The summed E-state index contributed by atoms with van der Waals surface area (Å²) >= 11 is 5.33. The summed E-state index contributed by atoms with van der Waals surface area (Å²) in [7, 11) is 1.64. The standard InChI is InChI=1S/C26H24N2O4S/c1-32-21-13-11-20(12-14-21)19-9-7-18(8-10-19)15-22-24(29)28(26(33)27-22)23(25(30)31)16-17-5-3-2-4-6-17/h2-7,9,11-15,23H,8,10,16H2,1H3,(H,27,33)(H,30,31)/b22-15+. The Hall–Kier alpha value is -3.71. The topological polar surface area (TPSA) is 78.9 Å². The first kappa shape index (κ1) is 22.5. The van der Waals surface area contributed by atoms with Crippen molar-refractivity contribution >= 4 is 34.8 Å². The summed E-state index contributed by atoms with van der Waals surface area (Å²) in [5.74, 6) is -0.704. The van der Waals surface area contributed by atoms with Crippen molar-refractivity contribution < 1.29 is 19.4 Å². The zero-order valence-corrected chi connectivity index (χ0v) is 19.0. The van der Waals surface area contributed by atoms with Crippen molar-refractivity contribution in [3.8, 4) is 5.75 Å². The van der Waals surface area contributed by atoms with Crippen molar-refractivity contribution in [2.45, 2.75) is 25.3 Å². The minimum atomic E-state index is -1.10. The molecule has 2 aliphatic rings. The van der Waals surface area contributed by atoms with Gasteiger partial charge in [-0.15, -0.1) is 0 Å². The molecule has 1 atom stereocenters. The van der Waals surface area contributed by atoms with Gasteiger partial charge >= 0.3 is 5.97 Å². The number of benzene rings is 2. The number of methoxy groups -OCH3 is 1. The zero-order chi connectivity index (χ0) is 23.4. The van der Waals surface area contributed by atoms with Gasteiger partial charge < -0.3 is 15.2 Å². The molecule has 1 saturated heterocycles. The van der Waals surface area contributed by atoms with Crippen molar-refractivity contribution in [1.29, 1.82) is 0 Å². The molecule has 0 aromatic heterocycles. The van der Waals surface area contributed by atoms with E-state index in [1.165, 1.54) is 10.5 Å². The molecule has 6 nitrogen and oxygen atoms in total. The molecule has 0 saturated carbocycles. The quantitative estimate of drug-likeness (QED) is 0.479. The SMILES string of the molecule is COc1ccc(C2=CC=C(/C=C3/NC(=S)N(C(Cc4ccccc4)C(=O)O)C3=O)CC2)cc1. The second-order valence-electron chi connectivity index (χ2n) is 7.87. The lowest BCUT2D eigenvalue weighted by Gasteiger charge is -2.22. The molecule has 1 aliphatic heterocycles. The van der Waals surface area contributed by atoms with Gasteiger partial charge in [-0.25, -0.2) is 4.79 Å². The van der Waals surface area contributed by atoms with Crippen LogP contribution >= 0.6 is 12.2 Å². The summed E-state index contributed by atoms with van der Waals surface area (Å²) in [5.41, 5.74) is 4.43. The van der Waals surface area contributed by atoms with Gasteiger partial charge in [-0.3, -0.25) is 9.69 Å². The minimum Gasteiger partial charge on any atom is -0.497 e. The van der Waals surface area contributed by atoms with E-state index in [4.69, 9.17) is 17.0 Å². The molecule has 2 aromatic rings. The van der Waals surface area contributed by atoms with Crippen LogP contribution in [0.2, 0.25) is 0 Å². The van der Waals surface area contributed by atoms with Crippen molar-refractivity contribution in [2.75, 3.05) is 7.11 Å². The van der Waals surface area contributed by atoms with Crippen LogP contribution in [0.25, 0.3) is 5.57 Å². The first-order valence-corrected chi connectivity index (χ1v) is 11.0. The van der Waals surface area contributed by atoms with Gasteiger partial charge in [-0.2, -0.15) is 0 Å². The van der Waals surface area contributed by atoms with E-state index >= 15 is 0 Å². The maximum absolute atomic E-state index is 13.1. The fourth-order valence-corrected chi connectivity index (χ4v) is 4.28. The fourth-order valence-electron chi connectivity index (χ4n) is 3.96. The molecular weight excluding hydrogens is 436 g/mol. The molecule has 1 amide bonds. The van der Waals surface area contributed by atoms with E-state index in [-0.39, 0.29) is 11.5 Å². The maximum Gasteiger partial charge on any atom is 0.327 e. The smallest absolute Gasteiger partial charge is 0.327 e. The Kier molecular flexibility index (Phi) is 6.70. The summed E-state index contributed by atoms with van der Waals surface area (Å²) in [5, 5.41) is 12.8. The van der Waals surface area contributed by atoms with E-state index in [9.17, 15) is 14.7 Å². The van der Waals surface area contributed by atoms with E-state index in [0.717, 1.165) is 35.3 Å². The molecule has 1 heterocycles. The lowest BCUT2D eigenvalue weighted by atomic mass is 9.93. The molecule has 1 aliphatic carbocycles. The number of rotatable bonds is 7. The van der Waals surface area contributed by atoms with Crippen LogP contribution in [0.15, 0.2) is 84.1 Å². The van der Waals surface area contributed by atoms with Gasteiger partial charge in [0.25, 0.3) is 5.91 Å². The molecule has 0 spiro atoms. The first-order valence-electron chi connectivity index (χ1n) is 10.6. The van der Waals surface area contributed by atoms with Crippen molar-refractivity contribution in [3.63, 3.8) is 0 Å². The number of aliphatic carboxylic acids is 1. The highest BCUT2D eigenvalue weighted by atomic mass is 32.1. The second kappa shape index (κ2) is 9.83. The number of carboxylic acids is 1. The predicted molar refractivity (Wildman–Crippen MR) is 131 cm³/mol. The van der Waals surface area contributed by atoms with Crippen molar-refractivity contribution in [2.24, 2.45) is 0 Å². The van der Waals surface area contributed by atoms with Crippen LogP contribution in [0.3, 0.4) is 0 Å². The van der Waals surface area contributed by atoms with Gasteiger partial charge in [0.05, 0.1) is 7.11 Å². The summed E-state index contributed by atoms with van der Waals surface area (Å²) in [4.78, 5) is 26.2. The zero-order valence-electron chi connectivity index (χ0n) is 18.2. The molecule has 0 radical (unpaired) electrons. The lowest BCUT2D eigenvalue weighted by molar-refractivity contribution is -0.145. The van der Waals surface area contributed by atoms with Gasteiger partial charge in [-0.05, 0) is 65.5 Å². The van der Waals surface area contributed by atoms with Crippen LogP contribution in [0.1, 0.15) is 24.0 Å². The summed E-state index contributed by atoms with van der Waals surface area (Å²) in [6, 6.07) is 16.1. The number of nitrogens with one attached hydrogen (secondary N) is 1. The molecule has 2 aromatic carbocycles. The molecule has 7 heteroatoms. The third kappa shape index (κ3) is 5.04. The number of hydrogen-bond acceptors (Lipinski definition) is 4. The maximum atomic E-state index is 13.1. The van der Waals surface area contributed by atoms with E-state index in [1.54, 1.807) is 13.2 Å². The van der Waals surface area contributed by atoms with Crippen LogP contribution in [0.5, 0.6) is 5.75 Å². The fraction of sp³-hybridized carbons (Fsp3) is 0.192. The van der Waals surface area contributed by atoms with Crippen LogP contribution in [0, 0.1) is 0 Å². The Morgan fingerprint density at radius 3 is 2.48 bits per heavy atom. The number of carboxylic acid groups (broad SMARTS) is 1. The number of hydrogen-bond donors (Lipinski definition) is 2. The van der Waals surface area contributed by atoms with Crippen LogP contribution < -0.4 is 10.1 Å². The molecule has 168 valence electrons. The normalized spacial score (nSPS) is 18.0. The largest absolute Gasteiger partial charge is 0.497 e. The average molecular weight is 461 g/mol. The number of carbonyl (C=O) groups excluding carboxylic acids is 1. The molecule has 4 rings (SSSR count). The van der Waals surface area contributed by atoms with E-state index < -0.39 is 17.9 Å². The Morgan fingerprint density at radius 2 is 1.88 bits per heavy atom. The highest BCUT2D eigenvalue weighted by Crippen LogP contribution is 2.29. The lowest BCUT2D eigenvalue weighted by Crippen LogP contribution is -2.46. The Labute approximate surface area is 197 Å². The number of thiocarbonyl (C=S) groups is 1. The van der Waals surface area contributed by atoms with Crippen LogP contribution in [-0.4, -0.2) is 40.1 Å². The monoisotopic (exact) mass is 460 g/mol. The van der Waals surface area contributed by atoms with E-state index in [1.807, 2.05) is 66.7 Å². The van der Waals surface area contributed by atoms with E-state index in [0.29, 0.717) is 5.70 Å². The van der Waals surface area contributed by atoms with Crippen LogP contribution in [0.4, 0.5) is 0 Å². The molecule has 0 bridgehead atoms. The summed E-state index contributed by atoms with van der Waals surface area (Å²) in [6.45, 7) is 0. The molecular formula is C26H24N2O4S. The molecule has 33 heavy (non-hydrogen) atoms. The molecule has 2 N–H and O–H groups in total. The van der Waals surface area contributed by atoms with Gasteiger partial charge in [0.15, 0.2) is 5.11 Å². The third-order valence-corrected chi connectivity index (χ3v) is 6.05. The van der Waals surface area contributed by atoms with Gasteiger partial charge in [0.1, 0.15) is 17.5 Å². The third-order valence-electron chi connectivity index (χ3n) is 5.75. The highest BCUT2D eigenvalue weighted by molar-refractivity contribution is 7.80. The number of carbonyl (C=O) groups is 2. The Balaban J connectivity index is 1.51. The van der Waals surface area contributed by atoms with Crippen molar-refractivity contribution in [3.05, 3.63) is 95.2 Å². The Bertz CT molecular complexity index is 1170. The number of nitrogens with zero attached hydrogens (tertiary/aromatic N) is 1. The first-order chi connectivity index (χ1) is 16.0. The minimum absolute atomic E-state index is 0.112.